The van der Waals surface area contributed by atoms with Crippen LogP contribution in [0.2, 0.25) is 0 Å². The highest BCUT2D eigenvalue weighted by atomic mass is 32.2. The van der Waals surface area contributed by atoms with Gasteiger partial charge in [0.2, 0.25) is 10.0 Å². The van der Waals surface area contributed by atoms with Crippen LogP contribution >= 0.6 is 0 Å². The summed E-state index contributed by atoms with van der Waals surface area (Å²) in [5.74, 6) is 0. The maximum atomic E-state index is 12.4. The van der Waals surface area contributed by atoms with Gasteiger partial charge in [-0.1, -0.05) is 0 Å². The number of nitrogens with two attached hydrogens (primary N) is 1. The molecule has 2 rings (SSSR count). The Morgan fingerprint density at radius 2 is 2.05 bits per heavy atom. The van der Waals surface area contributed by atoms with Crippen LogP contribution in [0.25, 0.3) is 0 Å². The molecule has 0 aliphatic carbocycles. The molecule has 0 amide bonds. The van der Waals surface area contributed by atoms with Crippen molar-refractivity contribution in [2.75, 3.05) is 26.2 Å². The van der Waals surface area contributed by atoms with Crippen LogP contribution in [-0.4, -0.2) is 50.0 Å². The standard InChI is InChI=1S/C11H15N3O5S/c12-7-10-8-13(5-6-19-10)20(17,18)11-3-1-9(2-4-11)14(15)16/h1-4,10H,5-8,12H2/t10-/m0/s1. The largest absolute Gasteiger partial charge is 0.374 e. The Hall–Kier alpha value is -1.55. The summed E-state index contributed by atoms with van der Waals surface area (Å²) in [4.78, 5) is 10.0. The van der Waals surface area contributed by atoms with Crippen molar-refractivity contribution in [3.63, 3.8) is 0 Å². The molecule has 9 heteroatoms. The molecule has 1 aromatic rings. The summed E-state index contributed by atoms with van der Waals surface area (Å²) in [7, 11) is -3.67. The van der Waals surface area contributed by atoms with Gasteiger partial charge < -0.3 is 10.5 Å². The highest BCUT2D eigenvalue weighted by molar-refractivity contribution is 7.89. The summed E-state index contributed by atoms with van der Waals surface area (Å²) in [5.41, 5.74) is 5.33. The molecule has 0 saturated carbocycles. The zero-order valence-corrected chi connectivity index (χ0v) is 11.5. The van der Waals surface area contributed by atoms with E-state index in [9.17, 15) is 18.5 Å². The molecule has 2 N–H and O–H groups in total. The van der Waals surface area contributed by atoms with Gasteiger partial charge in [0.15, 0.2) is 0 Å². The molecule has 1 aliphatic heterocycles. The molecule has 0 spiro atoms. The van der Waals surface area contributed by atoms with Gasteiger partial charge in [-0.15, -0.1) is 0 Å². The molecule has 0 aromatic heterocycles. The highest BCUT2D eigenvalue weighted by Gasteiger charge is 2.30. The van der Waals surface area contributed by atoms with Crippen LogP contribution in [0.1, 0.15) is 0 Å². The first-order valence-electron chi connectivity index (χ1n) is 6.01. The number of nitro benzene ring substituents is 1. The third-order valence-electron chi connectivity index (χ3n) is 3.05. The average molecular weight is 301 g/mol. The van der Waals surface area contributed by atoms with Crippen molar-refractivity contribution in [3.8, 4) is 0 Å². The number of hydrogen-bond donors (Lipinski definition) is 1. The predicted molar refractivity (Wildman–Crippen MR) is 70.6 cm³/mol. The molecule has 1 saturated heterocycles. The minimum Gasteiger partial charge on any atom is -0.374 e. The zero-order valence-electron chi connectivity index (χ0n) is 10.6. The van der Waals surface area contributed by atoms with E-state index in [-0.39, 0.29) is 42.9 Å². The molecule has 1 aromatic carbocycles. The van der Waals surface area contributed by atoms with Crippen LogP contribution in [0.3, 0.4) is 0 Å². The number of nitrogens with zero attached hydrogens (tertiary/aromatic N) is 2. The van der Waals surface area contributed by atoms with Crippen LogP contribution in [-0.2, 0) is 14.8 Å². The molecule has 110 valence electrons. The van der Waals surface area contributed by atoms with Crippen molar-refractivity contribution < 1.29 is 18.1 Å². The predicted octanol–water partition coefficient (Wildman–Crippen LogP) is -0.0570. The Morgan fingerprint density at radius 1 is 1.40 bits per heavy atom. The second-order valence-electron chi connectivity index (χ2n) is 4.34. The normalized spacial score (nSPS) is 20.8. The third-order valence-corrected chi connectivity index (χ3v) is 4.93. The Labute approximate surface area is 116 Å². The molecule has 0 bridgehead atoms. The summed E-state index contributed by atoms with van der Waals surface area (Å²) in [6, 6.07) is 4.82. The fraction of sp³-hybridized carbons (Fsp3) is 0.455. The monoisotopic (exact) mass is 301 g/mol. The van der Waals surface area contributed by atoms with Crippen LogP contribution in [0.5, 0.6) is 0 Å². The van der Waals surface area contributed by atoms with Gasteiger partial charge in [-0.3, -0.25) is 10.1 Å². The SMILES string of the molecule is NC[C@H]1CN(S(=O)(=O)c2ccc([N+](=O)[O-])cc2)CCO1. The van der Waals surface area contributed by atoms with Crippen molar-refractivity contribution in [2.45, 2.75) is 11.0 Å². The Balaban J connectivity index is 2.23. The van der Waals surface area contributed by atoms with Crippen molar-refractivity contribution in [1.29, 1.82) is 0 Å². The number of benzene rings is 1. The van der Waals surface area contributed by atoms with E-state index in [4.69, 9.17) is 10.5 Å². The maximum Gasteiger partial charge on any atom is 0.269 e. The number of ether oxygens (including phenoxy) is 1. The number of hydrogen-bond acceptors (Lipinski definition) is 6. The van der Waals surface area contributed by atoms with Gasteiger partial charge in [-0.05, 0) is 12.1 Å². The molecule has 1 fully saturated rings. The smallest absolute Gasteiger partial charge is 0.269 e. The van der Waals surface area contributed by atoms with Gasteiger partial charge in [0.25, 0.3) is 5.69 Å². The van der Waals surface area contributed by atoms with Crippen LogP contribution in [0, 0.1) is 10.1 Å². The van der Waals surface area contributed by atoms with Gasteiger partial charge in [0, 0.05) is 31.8 Å². The van der Waals surface area contributed by atoms with Gasteiger partial charge in [-0.2, -0.15) is 4.31 Å². The molecular weight excluding hydrogens is 286 g/mol. The van der Waals surface area contributed by atoms with Gasteiger partial charge >= 0.3 is 0 Å². The molecule has 8 nitrogen and oxygen atoms in total. The number of sulfonamides is 1. The highest BCUT2D eigenvalue weighted by Crippen LogP contribution is 2.21. The minimum atomic E-state index is -3.67. The van der Waals surface area contributed by atoms with E-state index in [1.54, 1.807) is 0 Å². The first kappa shape index (κ1) is 14.9. The van der Waals surface area contributed by atoms with Crippen molar-refractivity contribution in [1.82, 2.24) is 4.31 Å². The zero-order chi connectivity index (χ0) is 14.8. The first-order valence-corrected chi connectivity index (χ1v) is 7.45. The number of morpholine rings is 1. The number of rotatable bonds is 4. The van der Waals surface area contributed by atoms with E-state index in [1.165, 1.54) is 28.6 Å². The second-order valence-corrected chi connectivity index (χ2v) is 6.28. The fourth-order valence-electron chi connectivity index (χ4n) is 1.94. The van der Waals surface area contributed by atoms with Crippen molar-refractivity contribution >= 4 is 15.7 Å². The topological polar surface area (TPSA) is 116 Å². The summed E-state index contributed by atoms with van der Waals surface area (Å²) in [6.45, 7) is 0.964. The van der Waals surface area contributed by atoms with E-state index in [0.29, 0.717) is 0 Å². The van der Waals surface area contributed by atoms with Crippen LogP contribution in [0.15, 0.2) is 29.2 Å². The average Bonchev–Trinajstić information content (AvgIpc) is 2.47. The summed E-state index contributed by atoms with van der Waals surface area (Å²) in [6.07, 6.45) is -0.323. The molecule has 1 aliphatic rings. The third kappa shape index (κ3) is 2.96. The lowest BCUT2D eigenvalue weighted by molar-refractivity contribution is -0.384. The van der Waals surface area contributed by atoms with E-state index >= 15 is 0 Å². The molecular formula is C11H15N3O5S. The second kappa shape index (κ2) is 5.83. The van der Waals surface area contributed by atoms with Gasteiger partial charge in [0.1, 0.15) is 0 Å². The van der Waals surface area contributed by atoms with Gasteiger partial charge in [0.05, 0.1) is 22.5 Å². The molecule has 20 heavy (non-hydrogen) atoms. The fourth-order valence-corrected chi connectivity index (χ4v) is 3.40. The lowest BCUT2D eigenvalue weighted by Crippen LogP contribution is -2.48. The molecule has 1 heterocycles. The summed E-state index contributed by atoms with van der Waals surface area (Å²) < 4.78 is 31.4. The Bertz CT molecular complexity index is 587. The summed E-state index contributed by atoms with van der Waals surface area (Å²) in [5, 5.41) is 10.6. The van der Waals surface area contributed by atoms with E-state index in [1.807, 2.05) is 0 Å². The minimum absolute atomic E-state index is 0.0285. The van der Waals surface area contributed by atoms with Gasteiger partial charge in [-0.25, -0.2) is 8.42 Å². The van der Waals surface area contributed by atoms with Crippen molar-refractivity contribution in [3.05, 3.63) is 34.4 Å². The quantitative estimate of drug-likeness (QED) is 0.615. The van der Waals surface area contributed by atoms with E-state index in [0.717, 1.165) is 0 Å². The first-order chi connectivity index (χ1) is 9.45. The van der Waals surface area contributed by atoms with Crippen molar-refractivity contribution in [2.24, 2.45) is 5.73 Å². The Morgan fingerprint density at radius 3 is 2.60 bits per heavy atom. The number of non-ortho nitro benzene ring substituents is 1. The molecule has 0 radical (unpaired) electrons. The lowest BCUT2D eigenvalue weighted by Gasteiger charge is -2.31. The Kier molecular flexibility index (Phi) is 4.33. The molecule has 0 unspecified atom stereocenters. The maximum absolute atomic E-state index is 12.4. The van der Waals surface area contributed by atoms with Crippen LogP contribution in [0.4, 0.5) is 5.69 Å². The number of nitro groups is 1. The van der Waals surface area contributed by atoms with E-state index < -0.39 is 14.9 Å². The van der Waals surface area contributed by atoms with E-state index in [2.05, 4.69) is 0 Å². The summed E-state index contributed by atoms with van der Waals surface area (Å²) >= 11 is 0. The lowest BCUT2D eigenvalue weighted by atomic mass is 10.3. The molecule has 1 atom stereocenters. The van der Waals surface area contributed by atoms with Crippen LogP contribution < -0.4 is 5.73 Å².